The van der Waals surface area contributed by atoms with Gasteiger partial charge in [0.1, 0.15) is 5.75 Å². The fourth-order valence-electron chi connectivity index (χ4n) is 1.78. The van der Waals surface area contributed by atoms with Crippen molar-refractivity contribution >= 4 is 33.2 Å². The van der Waals surface area contributed by atoms with Crippen LogP contribution < -0.4 is 10.1 Å². The first kappa shape index (κ1) is 19.7. The highest BCUT2D eigenvalue weighted by atomic mass is 35.5. The highest BCUT2D eigenvalue weighted by molar-refractivity contribution is 7.88. The number of rotatable bonds is 8. The Labute approximate surface area is 142 Å². The van der Waals surface area contributed by atoms with Crippen LogP contribution in [0, 0.1) is 0 Å². The average molecular weight is 364 g/mol. The van der Waals surface area contributed by atoms with E-state index >= 15 is 0 Å². The molecule has 0 fully saturated rings. The number of ether oxygens (including phenoxy) is 1. The number of hydrogen-bond acceptors (Lipinski definition) is 5. The molecule has 1 rings (SSSR count). The van der Waals surface area contributed by atoms with Crippen molar-refractivity contribution in [1.82, 2.24) is 9.21 Å². The largest absolute Gasteiger partial charge is 0.495 e. The number of sulfonamides is 1. The van der Waals surface area contributed by atoms with Gasteiger partial charge in [-0.05, 0) is 32.3 Å². The normalized spacial score (nSPS) is 11.8. The Morgan fingerprint density at radius 1 is 1.30 bits per heavy atom. The van der Waals surface area contributed by atoms with E-state index in [1.54, 1.807) is 18.2 Å². The maximum absolute atomic E-state index is 12.1. The summed E-state index contributed by atoms with van der Waals surface area (Å²) in [6, 6.07) is 4.80. The van der Waals surface area contributed by atoms with Crippen molar-refractivity contribution in [2.45, 2.75) is 0 Å². The first-order chi connectivity index (χ1) is 10.6. The Morgan fingerprint density at radius 2 is 1.96 bits per heavy atom. The Balaban J connectivity index is 2.74. The molecule has 0 radical (unpaired) electrons. The third kappa shape index (κ3) is 6.74. The molecule has 0 aliphatic rings. The number of halogens is 1. The van der Waals surface area contributed by atoms with Crippen molar-refractivity contribution < 1.29 is 17.9 Å². The fraction of sp³-hybridized carbons (Fsp3) is 0.500. The molecule has 9 heteroatoms. The lowest BCUT2D eigenvalue weighted by Crippen LogP contribution is -2.41. The van der Waals surface area contributed by atoms with Crippen LogP contribution in [0.2, 0.25) is 5.02 Å². The predicted molar refractivity (Wildman–Crippen MR) is 91.6 cm³/mol. The zero-order chi connectivity index (χ0) is 17.6. The first-order valence-electron chi connectivity index (χ1n) is 6.86. The average Bonchev–Trinajstić information content (AvgIpc) is 2.42. The summed E-state index contributed by atoms with van der Waals surface area (Å²) >= 11 is 5.99. The van der Waals surface area contributed by atoms with E-state index in [0.717, 1.165) is 10.6 Å². The van der Waals surface area contributed by atoms with Gasteiger partial charge in [0, 0.05) is 18.8 Å². The second kappa shape index (κ2) is 8.49. The van der Waals surface area contributed by atoms with Crippen LogP contribution in [-0.2, 0) is 14.8 Å². The van der Waals surface area contributed by atoms with E-state index in [-0.39, 0.29) is 13.1 Å². The van der Waals surface area contributed by atoms with E-state index in [0.29, 0.717) is 23.0 Å². The molecule has 1 aromatic rings. The Bertz CT molecular complexity index is 649. The number of benzene rings is 1. The molecule has 23 heavy (non-hydrogen) atoms. The highest BCUT2D eigenvalue weighted by Crippen LogP contribution is 2.27. The summed E-state index contributed by atoms with van der Waals surface area (Å²) in [6.45, 7) is 0.508. The molecule has 0 heterocycles. The second-order valence-corrected chi connectivity index (χ2v) is 7.69. The molecule has 7 nitrogen and oxygen atoms in total. The van der Waals surface area contributed by atoms with Crippen LogP contribution in [0.4, 0.5) is 5.69 Å². The predicted octanol–water partition coefficient (Wildman–Crippen LogP) is 1.11. The standard InChI is InChI=1S/C14H22ClN3O4S/c1-17(2)7-8-18(23(4,20)21)10-14(19)16-11-5-6-13(22-3)12(15)9-11/h5-6,9H,7-8,10H2,1-4H3,(H,16,19). The van der Waals surface area contributed by atoms with E-state index in [4.69, 9.17) is 16.3 Å². The van der Waals surface area contributed by atoms with E-state index in [1.165, 1.54) is 7.11 Å². The summed E-state index contributed by atoms with van der Waals surface area (Å²) in [5, 5.41) is 2.98. The number of nitrogens with zero attached hydrogens (tertiary/aromatic N) is 2. The van der Waals surface area contributed by atoms with Gasteiger partial charge in [-0.3, -0.25) is 4.79 Å². The second-order valence-electron chi connectivity index (χ2n) is 5.30. The molecule has 0 aromatic heterocycles. The molecule has 0 atom stereocenters. The van der Waals surface area contributed by atoms with Crippen LogP contribution in [0.5, 0.6) is 5.75 Å². The SMILES string of the molecule is COc1ccc(NC(=O)CN(CCN(C)C)S(C)(=O)=O)cc1Cl. The van der Waals surface area contributed by atoms with Crippen LogP contribution in [-0.4, -0.2) is 70.6 Å². The molecular formula is C14H22ClN3O4S. The molecular weight excluding hydrogens is 342 g/mol. The molecule has 1 amide bonds. The third-order valence-electron chi connectivity index (χ3n) is 3.02. The Kier molecular flexibility index (Phi) is 7.27. The number of amides is 1. The molecule has 0 saturated carbocycles. The molecule has 0 aliphatic heterocycles. The smallest absolute Gasteiger partial charge is 0.239 e. The van der Waals surface area contributed by atoms with E-state index in [1.807, 2.05) is 19.0 Å². The van der Waals surface area contributed by atoms with E-state index in [9.17, 15) is 13.2 Å². The lowest BCUT2D eigenvalue weighted by atomic mass is 10.3. The van der Waals surface area contributed by atoms with Crippen LogP contribution >= 0.6 is 11.6 Å². The van der Waals surface area contributed by atoms with Gasteiger partial charge in [-0.2, -0.15) is 4.31 Å². The summed E-state index contributed by atoms with van der Waals surface area (Å²) < 4.78 is 29.7. The molecule has 0 unspecified atom stereocenters. The summed E-state index contributed by atoms with van der Waals surface area (Å²) in [7, 11) is 1.69. The number of anilines is 1. The Hall–Kier alpha value is -1.35. The van der Waals surface area contributed by atoms with E-state index in [2.05, 4.69) is 5.32 Å². The monoisotopic (exact) mass is 363 g/mol. The van der Waals surface area contributed by atoms with Gasteiger partial charge >= 0.3 is 0 Å². The van der Waals surface area contributed by atoms with Gasteiger partial charge in [0.05, 0.1) is 24.9 Å². The van der Waals surface area contributed by atoms with Crippen molar-refractivity contribution in [2.24, 2.45) is 0 Å². The highest BCUT2D eigenvalue weighted by Gasteiger charge is 2.20. The molecule has 130 valence electrons. The number of likely N-dealkylation sites (N-methyl/N-ethyl adjacent to an activating group) is 1. The van der Waals surface area contributed by atoms with Gasteiger partial charge in [0.25, 0.3) is 0 Å². The van der Waals surface area contributed by atoms with Gasteiger partial charge < -0.3 is 15.0 Å². The van der Waals surface area contributed by atoms with E-state index < -0.39 is 15.9 Å². The maximum Gasteiger partial charge on any atom is 0.239 e. The number of carbonyl (C=O) groups is 1. The van der Waals surface area contributed by atoms with Gasteiger partial charge in [-0.1, -0.05) is 11.6 Å². The zero-order valence-electron chi connectivity index (χ0n) is 13.7. The Morgan fingerprint density at radius 3 is 2.43 bits per heavy atom. The van der Waals surface area contributed by atoms with Gasteiger partial charge in [-0.25, -0.2) is 8.42 Å². The molecule has 1 N–H and O–H groups in total. The van der Waals surface area contributed by atoms with Crippen molar-refractivity contribution in [3.63, 3.8) is 0 Å². The number of nitrogens with one attached hydrogen (secondary N) is 1. The van der Waals surface area contributed by atoms with Gasteiger partial charge in [-0.15, -0.1) is 0 Å². The van der Waals surface area contributed by atoms with Crippen molar-refractivity contribution in [3.8, 4) is 5.75 Å². The fourth-order valence-corrected chi connectivity index (χ4v) is 2.80. The molecule has 0 aliphatic carbocycles. The molecule has 1 aromatic carbocycles. The van der Waals surface area contributed by atoms with Gasteiger partial charge in [0.15, 0.2) is 0 Å². The first-order valence-corrected chi connectivity index (χ1v) is 9.09. The number of hydrogen-bond donors (Lipinski definition) is 1. The van der Waals surface area contributed by atoms with Crippen LogP contribution in [0.3, 0.4) is 0 Å². The van der Waals surface area contributed by atoms with Crippen molar-refractivity contribution in [1.29, 1.82) is 0 Å². The van der Waals surface area contributed by atoms with Crippen LogP contribution in [0.15, 0.2) is 18.2 Å². The minimum absolute atomic E-state index is 0.239. The lowest BCUT2D eigenvalue weighted by molar-refractivity contribution is -0.116. The summed E-state index contributed by atoms with van der Waals surface area (Å²) in [6.07, 6.45) is 1.08. The van der Waals surface area contributed by atoms with Crippen molar-refractivity contribution in [3.05, 3.63) is 23.2 Å². The molecule has 0 spiro atoms. The quantitative estimate of drug-likeness (QED) is 0.748. The van der Waals surface area contributed by atoms with Gasteiger partial charge in [0.2, 0.25) is 15.9 Å². The topological polar surface area (TPSA) is 79.0 Å². The van der Waals surface area contributed by atoms with Crippen molar-refractivity contribution in [2.75, 3.05) is 52.4 Å². The molecule has 0 bridgehead atoms. The zero-order valence-corrected chi connectivity index (χ0v) is 15.2. The number of carbonyl (C=O) groups excluding carboxylic acids is 1. The minimum Gasteiger partial charge on any atom is -0.495 e. The summed E-state index contributed by atoms with van der Waals surface area (Å²) in [4.78, 5) is 13.9. The summed E-state index contributed by atoms with van der Waals surface area (Å²) in [5.41, 5.74) is 0.474. The minimum atomic E-state index is -3.47. The summed E-state index contributed by atoms with van der Waals surface area (Å²) in [5.74, 6) is 0.0591. The molecule has 0 saturated heterocycles. The number of methoxy groups -OCH3 is 1. The van der Waals surface area contributed by atoms with Crippen LogP contribution in [0.25, 0.3) is 0 Å². The third-order valence-corrected chi connectivity index (χ3v) is 4.57. The lowest BCUT2D eigenvalue weighted by Gasteiger charge is -2.21. The van der Waals surface area contributed by atoms with Crippen LogP contribution in [0.1, 0.15) is 0 Å². The maximum atomic E-state index is 12.1.